The van der Waals surface area contributed by atoms with Crippen molar-refractivity contribution in [2.24, 2.45) is 5.92 Å². The molecular weight excluding hydrogens is 554 g/mol. The number of methoxy groups -OCH3 is 1. The molecule has 8 nitrogen and oxygen atoms in total. The number of hydrogen-bond acceptors (Lipinski definition) is 5. The van der Waals surface area contributed by atoms with Gasteiger partial charge in [0.25, 0.3) is 5.91 Å². The zero-order valence-electron chi connectivity index (χ0n) is 23.4. The van der Waals surface area contributed by atoms with Gasteiger partial charge in [0, 0.05) is 22.8 Å². The lowest BCUT2D eigenvalue weighted by atomic mass is 10.00. The van der Waals surface area contributed by atoms with Crippen LogP contribution in [0.25, 0.3) is 11.1 Å². The number of ether oxygens (including phenoxy) is 2. The van der Waals surface area contributed by atoms with Crippen molar-refractivity contribution in [3.8, 4) is 22.6 Å². The number of rotatable bonds is 8. The molecule has 0 saturated carbocycles. The van der Waals surface area contributed by atoms with Gasteiger partial charge in [0.1, 0.15) is 11.8 Å². The second kappa shape index (κ2) is 12.4. The lowest BCUT2D eigenvalue weighted by Crippen LogP contribution is -2.45. The van der Waals surface area contributed by atoms with Crippen LogP contribution in [0.15, 0.2) is 91.0 Å². The largest absolute Gasteiger partial charge is 0.467 e. The molecule has 0 aliphatic carbocycles. The van der Waals surface area contributed by atoms with Gasteiger partial charge in [0.15, 0.2) is 5.75 Å². The van der Waals surface area contributed by atoms with Crippen LogP contribution in [-0.4, -0.2) is 36.0 Å². The smallest absolute Gasteiger partial charge is 0.328 e. The van der Waals surface area contributed by atoms with Gasteiger partial charge in [0.05, 0.1) is 12.8 Å². The number of anilines is 2. The van der Waals surface area contributed by atoms with Gasteiger partial charge in [-0.15, -0.1) is 0 Å². The third-order valence-electron chi connectivity index (χ3n) is 6.99. The highest BCUT2D eigenvalue weighted by molar-refractivity contribution is 6.31. The Balaban J connectivity index is 1.27. The number of benzene rings is 4. The standard InChI is InChI=1S/C33H30ClN3O5/c1-20(2)30(32(39)41-3)37-19-23-10-9-22(17-27(23)31(37)38)21-11-14-25(15-12-21)35-33(40)36-28-18-24(34)13-16-29(28)42-26-7-5-4-6-8-26/h4-18,20,30H,19H2,1-3H3,(H2,35,36,40)/t30-/m0/s1. The van der Waals surface area contributed by atoms with Crippen LogP contribution in [0.4, 0.5) is 16.2 Å². The van der Waals surface area contributed by atoms with E-state index in [1.807, 2.05) is 74.5 Å². The Morgan fingerprint density at radius 2 is 1.60 bits per heavy atom. The van der Waals surface area contributed by atoms with Crippen molar-refractivity contribution >= 4 is 40.9 Å². The van der Waals surface area contributed by atoms with Gasteiger partial charge in [0.2, 0.25) is 0 Å². The number of hydrogen-bond donors (Lipinski definition) is 2. The van der Waals surface area contributed by atoms with Crippen LogP contribution < -0.4 is 15.4 Å². The lowest BCUT2D eigenvalue weighted by molar-refractivity contribution is -0.147. The predicted octanol–water partition coefficient (Wildman–Crippen LogP) is 7.60. The number of halogens is 1. The zero-order valence-corrected chi connectivity index (χ0v) is 24.1. The lowest BCUT2D eigenvalue weighted by Gasteiger charge is -2.28. The Morgan fingerprint density at radius 3 is 2.29 bits per heavy atom. The van der Waals surface area contributed by atoms with E-state index >= 15 is 0 Å². The fourth-order valence-electron chi connectivity index (χ4n) is 4.94. The van der Waals surface area contributed by atoms with Crippen LogP contribution in [0.2, 0.25) is 5.02 Å². The van der Waals surface area contributed by atoms with Gasteiger partial charge in [-0.25, -0.2) is 9.59 Å². The molecule has 1 aliphatic heterocycles. The third kappa shape index (κ3) is 6.24. The quantitative estimate of drug-likeness (QED) is 0.208. The molecule has 1 atom stereocenters. The van der Waals surface area contributed by atoms with Crippen LogP contribution in [0.3, 0.4) is 0 Å². The summed E-state index contributed by atoms with van der Waals surface area (Å²) >= 11 is 6.17. The maximum Gasteiger partial charge on any atom is 0.328 e. The van der Waals surface area contributed by atoms with Gasteiger partial charge in [-0.3, -0.25) is 4.79 Å². The van der Waals surface area contributed by atoms with Crippen molar-refractivity contribution < 1.29 is 23.9 Å². The molecule has 4 aromatic rings. The number of carbonyl (C=O) groups is 3. The first-order chi connectivity index (χ1) is 20.2. The minimum atomic E-state index is -0.650. The minimum Gasteiger partial charge on any atom is -0.467 e. The average molecular weight is 584 g/mol. The van der Waals surface area contributed by atoms with Gasteiger partial charge in [-0.1, -0.05) is 67.9 Å². The van der Waals surface area contributed by atoms with Crippen LogP contribution >= 0.6 is 11.6 Å². The fraction of sp³-hybridized carbons (Fsp3) is 0.182. The maximum absolute atomic E-state index is 13.3. The molecule has 0 spiro atoms. The van der Waals surface area contributed by atoms with E-state index in [1.54, 1.807) is 35.2 Å². The maximum atomic E-state index is 13.3. The Morgan fingerprint density at radius 1 is 0.881 bits per heavy atom. The third-order valence-corrected chi connectivity index (χ3v) is 7.22. The molecule has 9 heteroatoms. The number of nitrogens with zero attached hydrogens (tertiary/aromatic N) is 1. The molecule has 0 unspecified atom stereocenters. The van der Waals surface area contributed by atoms with Gasteiger partial charge in [-0.2, -0.15) is 0 Å². The molecule has 1 heterocycles. The van der Waals surface area contributed by atoms with E-state index in [1.165, 1.54) is 7.11 Å². The number of fused-ring (bicyclic) bond motifs is 1. The second-order valence-corrected chi connectivity index (χ2v) is 10.7. The van der Waals surface area contributed by atoms with Crippen molar-refractivity contribution in [1.82, 2.24) is 4.90 Å². The van der Waals surface area contributed by atoms with Crippen molar-refractivity contribution in [2.45, 2.75) is 26.4 Å². The van der Waals surface area contributed by atoms with Crippen LogP contribution in [0.1, 0.15) is 29.8 Å². The monoisotopic (exact) mass is 583 g/mol. The predicted molar refractivity (Wildman–Crippen MR) is 163 cm³/mol. The molecular formula is C33H30ClN3O5. The highest BCUT2D eigenvalue weighted by Gasteiger charge is 2.38. The number of nitrogens with one attached hydrogen (secondary N) is 2. The Kier molecular flexibility index (Phi) is 8.45. The summed E-state index contributed by atoms with van der Waals surface area (Å²) in [6, 6.07) is 26.1. The molecule has 2 N–H and O–H groups in total. The Bertz CT molecular complexity index is 1620. The van der Waals surface area contributed by atoms with E-state index < -0.39 is 18.0 Å². The van der Waals surface area contributed by atoms with Crippen molar-refractivity contribution in [2.75, 3.05) is 17.7 Å². The van der Waals surface area contributed by atoms with Gasteiger partial charge >= 0.3 is 12.0 Å². The molecule has 42 heavy (non-hydrogen) atoms. The SMILES string of the molecule is COC(=O)[C@H](C(C)C)N1Cc2ccc(-c3ccc(NC(=O)Nc4cc(Cl)ccc4Oc4ccccc4)cc3)cc2C1=O. The molecule has 0 saturated heterocycles. The molecule has 3 amide bonds. The normalized spacial score (nSPS) is 13.0. The highest BCUT2D eigenvalue weighted by atomic mass is 35.5. The minimum absolute atomic E-state index is 0.0886. The van der Waals surface area contributed by atoms with Gasteiger partial charge < -0.3 is 25.0 Å². The Labute approximate surface area is 249 Å². The number of amides is 3. The summed E-state index contributed by atoms with van der Waals surface area (Å²) in [6.45, 7) is 4.15. The first-order valence-electron chi connectivity index (χ1n) is 13.5. The van der Waals surface area contributed by atoms with E-state index in [0.717, 1.165) is 16.7 Å². The number of esters is 1. The van der Waals surface area contributed by atoms with Gasteiger partial charge in [-0.05, 0) is 71.1 Å². The Hall–Kier alpha value is -4.82. The first-order valence-corrected chi connectivity index (χ1v) is 13.8. The first kappa shape index (κ1) is 28.7. The zero-order chi connectivity index (χ0) is 29.8. The van der Waals surface area contributed by atoms with Crippen LogP contribution in [0, 0.1) is 5.92 Å². The average Bonchev–Trinajstić information content (AvgIpc) is 3.30. The molecule has 5 rings (SSSR count). The molecule has 1 aliphatic rings. The summed E-state index contributed by atoms with van der Waals surface area (Å²) in [6.07, 6.45) is 0. The molecule has 0 fully saturated rings. The fourth-order valence-corrected chi connectivity index (χ4v) is 5.11. The van der Waals surface area contributed by atoms with Crippen molar-refractivity contribution in [3.05, 3.63) is 107 Å². The summed E-state index contributed by atoms with van der Waals surface area (Å²) in [5.41, 5.74) is 4.15. The van der Waals surface area contributed by atoms with E-state index in [9.17, 15) is 14.4 Å². The summed E-state index contributed by atoms with van der Waals surface area (Å²) in [7, 11) is 1.33. The summed E-state index contributed by atoms with van der Waals surface area (Å²) in [4.78, 5) is 40.0. The van der Waals surface area contributed by atoms with E-state index in [4.69, 9.17) is 21.1 Å². The van der Waals surface area contributed by atoms with E-state index in [2.05, 4.69) is 10.6 Å². The molecule has 214 valence electrons. The highest BCUT2D eigenvalue weighted by Crippen LogP contribution is 2.33. The van der Waals surface area contributed by atoms with Crippen molar-refractivity contribution in [1.29, 1.82) is 0 Å². The topological polar surface area (TPSA) is 97.0 Å². The number of para-hydroxylation sites is 1. The summed E-state index contributed by atoms with van der Waals surface area (Å²) < 4.78 is 10.9. The van der Waals surface area contributed by atoms with Crippen molar-refractivity contribution in [3.63, 3.8) is 0 Å². The van der Waals surface area contributed by atoms with E-state index in [0.29, 0.717) is 40.0 Å². The number of urea groups is 1. The van der Waals surface area contributed by atoms with Crippen LogP contribution in [-0.2, 0) is 16.1 Å². The van der Waals surface area contributed by atoms with E-state index in [-0.39, 0.29) is 11.8 Å². The summed E-state index contributed by atoms with van der Waals surface area (Å²) in [5.74, 6) is 0.376. The van der Waals surface area contributed by atoms with Crippen LogP contribution in [0.5, 0.6) is 11.5 Å². The molecule has 0 bridgehead atoms. The summed E-state index contributed by atoms with van der Waals surface area (Å²) in [5, 5.41) is 6.07. The molecule has 0 radical (unpaired) electrons. The molecule has 4 aromatic carbocycles. The second-order valence-electron chi connectivity index (χ2n) is 10.2. The molecule has 0 aromatic heterocycles. The number of carbonyl (C=O) groups excluding carboxylic acids is 3.